The highest BCUT2D eigenvalue weighted by molar-refractivity contribution is 5.88. The molecule has 0 spiro atoms. The summed E-state index contributed by atoms with van der Waals surface area (Å²) >= 11 is 0. The lowest BCUT2D eigenvalue weighted by Crippen LogP contribution is -2.08. The predicted molar refractivity (Wildman–Crippen MR) is 82.4 cm³/mol. The van der Waals surface area contributed by atoms with E-state index in [1.54, 1.807) is 6.07 Å². The molecule has 1 unspecified atom stereocenters. The van der Waals surface area contributed by atoms with Crippen molar-refractivity contribution in [3.8, 4) is 11.5 Å². The zero-order valence-electron chi connectivity index (χ0n) is 12.6. The standard InChI is InChI=1S/C18H18O4/c1-11(2)9-12-3-5-13(6-4-12)18-21-15-8-7-14(17(19)20)10-16(15)22-18/h3-8,10-11,18H,9H2,1-2H3,(H,19,20). The van der Waals surface area contributed by atoms with Crippen molar-refractivity contribution in [1.29, 1.82) is 0 Å². The zero-order valence-corrected chi connectivity index (χ0v) is 12.6. The Morgan fingerprint density at radius 1 is 1.09 bits per heavy atom. The molecule has 0 radical (unpaired) electrons. The highest BCUT2D eigenvalue weighted by Crippen LogP contribution is 2.40. The summed E-state index contributed by atoms with van der Waals surface area (Å²) in [6, 6.07) is 12.8. The number of hydrogen-bond donors (Lipinski definition) is 1. The van der Waals surface area contributed by atoms with Gasteiger partial charge in [-0.2, -0.15) is 0 Å². The van der Waals surface area contributed by atoms with Gasteiger partial charge in [-0.25, -0.2) is 4.79 Å². The maximum absolute atomic E-state index is 11.0. The Morgan fingerprint density at radius 3 is 2.41 bits per heavy atom. The van der Waals surface area contributed by atoms with Crippen LogP contribution in [0.1, 0.15) is 41.6 Å². The predicted octanol–water partition coefficient (Wildman–Crippen LogP) is 4.05. The van der Waals surface area contributed by atoms with Crippen molar-refractivity contribution in [2.24, 2.45) is 5.92 Å². The van der Waals surface area contributed by atoms with Gasteiger partial charge in [-0.3, -0.25) is 0 Å². The summed E-state index contributed by atoms with van der Waals surface area (Å²) in [5.74, 6) is 0.675. The molecule has 0 fully saturated rings. The Hall–Kier alpha value is -2.49. The van der Waals surface area contributed by atoms with Gasteiger partial charge >= 0.3 is 5.97 Å². The van der Waals surface area contributed by atoms with Crippen LogP contribution in [-0.2, 0) is 6.42 Å². The molecule has 0 aliphatic carbocycles. The lowest BCUT2D eigenvalue weighted by molar-refractivity contribution is 0.0485. The molecule has 0 bridgehead atoms. The average Bonchev–Trinajstić information content (AvgIpc) is 2.90. The molecule has 3 rings (SSSR count). The normalized spacial score (nSPS) is 16.0. The molecule has 4 heteroatoms. The fourth-order valence-corrected chi connectivity index (χ4v) is 2.50. The first-order valence-corrected chi connectivity index (χ1v) is 7.32. The Bertz CT molecular complexity index is 689. The van der Waals surface area contributed by atoms with Gasteiger partial charge in [0.2, 0.25) is 0 Å². The van der Waals surface area contributed by atoms with Crippen LogP contribution in [0.2, 0.25) is 0 Å². The van der Waals surface area contributed by atoms with Gasteiger partial charge in [0.1, 0.15) is 0 Å². The van der Waals surface area contributed by atoms with E-state index in [1.165, 1.54) is 17.7 Å². The Balaban J connectivity index is 1.76. The molecule has 2 aromatic rings. The van der Waals surface area contributed by atoms with Crippen LogP contribution in [0.5, 0.6) is 11.5 Å². The van der Waals surface area contributed by atoms with E-state index >= 15 is 0 Å². The van der Waals surface area contributed by atoms with Crippen LogP contribution >= 0.6 is 0 Å². The number of carbonyl (C=O) groups is 1. The SMILES string of the molecule is CC(C)Cc1ccc(C2Oc3ccc(C(=O)O)cc3O2)cc1. The van der Waals surface area contributed by atoms with E-state index in [-0.39, 0.29) is 5.56 Å². The van der Waals surface area contributed by atoms with Crippen molar-refractivity contribution in [3.63, 3.8) is 0 Å². The summed E-state index contributed by atoms with van der Waals surface area (Å²) in [6.45, 7) is 4.38. The van der Waals surface area contributed by atoms with Crippen molar-refractivity contribution in [3.05, 3.63) is 59.2 Å². The van der Waals surface area contributed by atoms with Crippen LogP contribution in [-0.4, -0.2) is 11.1 Å². The van der Waals surface area contributed by atoms with Gasteiger partial charge < -0.3 is 14.6 Å². The minimum Gasteiger partial charge on any atom is -0.478 e. The van der Waals surface area contributed by atoms with E-state index in [9.17, 15) is 4.79 Å². The molecule has 0 saturated carbocycles. The molecule has 22 heavy (non-hydrogen) atoms. The summed E-state index contributed by atoms with van der Waals surface area (Å²) in [4.78, 5) is 11.0. The number of ether oxygens (including phenoxy) is 2. The third kappa shape index (κ3) is 2.91. The smallest absolute Gasteiger partial charge is 0.335 e. The number of benzene rings is 2. The van der Waals surface area contributed by atoms with Gasteiger partial charge in [0.25, 0.3) is 6.29 Å². The molecule has 0 saturated heterocycles. The second-order valence-corrected chi connectivity index (χ2v) is 5.87. The average molecular weight is 298 g/mol. The molecule has 1 N–H and O–H groups in total. The molecule has 1 atom stereocenters. The second-order valence-electron chi connectivity index (χ2n) is 5.87. The molecule has 0 amide bonds. The monoisotopic (exact) mass is 298 g/mol. The number of fused-ring (bicyclic) bond motifs is 1. The van der Waals surface area contributed by atoms with Crippen LogP contribution < -0.4 is 9.47 Å². The van der Waals surface area contributed by atoms with Gasteiger partial charge in [0.15, 0.2) is 11.5 Å². The van der Waals surface area contributed by atoms with E-state index in [2.05, 4.69) is 26.0 Å². The van der Waals surface area contributed by atoms with Crippen LogP contribution in [0.4, 0.5) is 0 Å². The molecular formula is C18H18O4. The minimum atomic E-state index is -0.979. The first-order chi connectivity index (χ1) is 10.5. The molecule has 1 aliphatic rings. The zero-order chi connectivity index (χ0) is 15.7. The number of carboxylic acid groups (broad SMARTS) is 1. The first kappa shape index (κ1) is 14.4. The maximum Gasteiger partial charge on any atom is 0.335 e. The number of rotatable bonds is 4. The quantitative estimate of drug-likeness (QED) is 0.925. The summed E-state index contributed by atoms with van der Waals surface area (Å²) in [5.41, 5.74) is 2.39. The molecule has 114 valence electrons. The van der Waals surface area contributed by atoms with Crippen LogP contribution in [0.15, 0.2) is 42.5 Å². The van der Waals surface area contributed by atoms with E-state index in [1.807, 2.05) is 12.1 Å². The van der Waals surface area contributed by atoms with Crippen molar-refractivity contribution in [2.75, 3.05) is 0 Å². The summed E-state index contributed by atoms with van der Waals surface area (Å²) in [7, 11) is 0. The number of carboxylic acids is 1. The van der Waals surface area contributed by atoms with E-state index in [4.69, 9.17) is 14.6 Å². The molecule has 0 aromatic heterocycles. The molecule has 1 heterocycles. The number of aromatic carboxylic acids is 1. The van der Waals surface area contributed by atoms with Crippen LogP contribution in [0, 0.1) is 5.92 Å². The largest absolute Gasteiger partial charge is 0.478 e. The molecular weight excluding hydrogens is 280 g/mol. The van der Waals surface area contributed by atoms with Gasteiger partial charge in [-0.15, -0.1) is 0 Å². The Kier molecular flexibility index (Phi) is 3.75. The maximum atomic E-state index is 11.0. The Morgan fingerprint density at radius 2 is 1.77 bits per heavy atom. The third-order valence-corrected chi connectivity index (χ3v) is 3.55. The lowest BCUT2D eigenvalue weighted by atomic mass is 10.0. The lowest BCUT2D eigenvalue weighted by Gasteiger charge is -2.11. The summed E-state index contributed by atoms with van der Waals surface area (Å²) in [5, 5.41) is 9.01. The minimum absolute atomic E-state index is 0.190. The van der Waals surface area contributed by atoms with Crippen molar-refractivity contribution < 1.29 is 19.4 Å². The van der Waals surface area contributed by atoms with Gasteiger partial charge in [-0.05, 0) is 36.1 Å². The fraction of sp³-hybridized carbons (Fsp3) is 0.278. The van der Waals surface area contributed by atoms with E-state index < -0.39 is 12.3 Å². The summed E-state index contributed by atoms with van der Waals surface area (Å²) in [6.07, 6.45) is 0.515. The fourth-order valence-electron chi connectivity index (χ4n) is 2.50. The van der Waals surface area contributed by atoms with E-state index in [0.29, 0.717) is 17.4 Å². The van der Waals surface area contributed by atoms with Gasteiger partial charge in [0.05, 0.1) is 5.56 Å². The van der Waals surface area contributed by atoms with Crippen molar-refractivity contribution in [2.45, 2.75) is 26.6 Å². The molecule has 2 aromatic carbocycles. The highest BCUT2D eigenvalue weighted by Gasteiger charge is 2.26. The summed E-state index contributed by atoms with van der Waals surface area (Å²) < 4.78 is 11.5. The van der Waals surface area contributed by atoms with Crippen molar-refractivity contribution >= 4 is 5.97 Å². The van der Waals surface area contributed by atoms with Crippen LogP contribution in [0.25, 0.3) is 0 Å². The molecule has 4 nitrogen and oxygen atoms in total. The van der Waals surface area contributed by atoms with Gasteiger partial charge in [-0.1, -0.05) is 38.1 Å². The van der Waals surface area contributed by atoms with Crippen molar-refractivity contribution in [1.82, 2.24) is 0 Å². The highest BCUT2D eigenvalue weighted by atomic mass is 16.7. The van der Waals surface area contributed by atoms with E-state index in [0.717, 1.165) is 12.0 Å². The second kappa shape index (κ2) is 5.72. The topological polar surface area (TPSA) is 55.8 Å². The Labute approximate surface area is 129 Å². The van der Waals surface area contributed by atoms with Gasteiger partial charge in [0, 0.05) is 5.56 Å². The third-order valence-electron chi connectivity index (χ3n) is 3.55. The first-order valence-electron chi connectivity index (χ1n) is 7.32. The molecule has 1 aliphatic heterocycles. The number of hydrogen-bond acceptors (Lipinski definition) is 3. The van der Waals surface area contributed by atoms with Crippen LogP contribution in [0.3, 0.4) is 0 Å².